The van der Waals surface area contributed by atoms with Gasteiger partial charge < -0.3 is 19.1 Å². The number of hydrogen-bond acceptors (Lipinski definition) is 6. The molecule has 9 heteroatoms. The minimum absolute atomic E-state index is 0.108. The van der Waals surface area contributed by atoms with Crippen LogP contribution < -0.4 is 9.64 Å². The highest BCUT2D eigenvalue weighted by Crippen LogP contribution is 2.39. The second-order valence-electron chi connectivity index (χ2n) is 8.21. The van der Waals surface area contributed by atoms with Gasteiger partial charge in [-0.15, -0.1) is 6.42 Å². The van der Waals surface area contributed by atoms with Crippen LogP contribution in [-0.4, -0.2) is 43.3 Å². The highest BCUT2D eigenvalue weighted by atomic mass is 35.5. The third kappa shape index (κ3) is 7.01. The molecule has 1 aromatic carbocycles. The van der Waals surface area contributed by atoms with E-state index in [9.17, 15) is 9.59 Å². The third-order valence-corrected chi connectivity index (χ3v) is 6.23. The zero-order chi connectivity index (χ0) is 26.1. The van der Waals surface area contributed by atoms with Crippen LogP contribution in [0.2, 0.25) is 10.0 Å². The van der Waals surface area contributed by atoms with Crippen molar-refractivity contribution < 1.29 is 23.8 Å². The largest absolute Gasteiger partial charge is 0.476 e. The van der Waals surface area contributed by atoms with Crippen molar-refractivity contribution in [3.8, 4) is 18.1 Å². The summed E-state index contributed by atoms with van der Waals surface area (Å²) in [5.74, 6) is 1.92. The first kappa shape index (κ1) is 27.5. The van der Waals surface area contributed by atoms with E-state index in [1.54, 1.807) is 31.5 Å². The number of benzene rings is 1. The Kier molecular flexibility index (Phi) is 10.2. The fraction of sp³-hybridized carbons (Fsp3) is 0.370. The van der Waals surface area contributed by atoms with E-state index in [0.29, 0.717) is 35.4 Å². The lowest BCUT2D eigenvalue weighted by Gasteiger charge is -2.28. The van der Waals surface area contributed by atoms with Crippen LogP contribution in [0.4, 0.5) is 5.69 Å². The van der Waals surface area contributed by atoms with Crippen molar-refractivity contribution in [1.29, 1.82) is 0 Å². The van der Waals surface area contributed by atoms with E-state index in [4.69, 9.17) is 43.8 Å². The predicted molar refractivity (Wildman–Crippen MR) is 139 cm³/mol. The maximum absolute atomic E-state index is 14.0. The van der Waals surface area contributed by atoms with Crippen LogP contribution in [0.1, 0.15) is 38.2 Å². The average Bonchev–Trinajstić information content (AvgIpc) is 2.89. The van der Waals surface area contributed by atoms with Crippen LogP contribution >= 0.6 is 23.2 Å². The summed E-state index contributed by atoms with van der Waals surface area (Å²) >= 11 is 12.9. The van der Waals surface area contributed by atoms with Gasteiger partial charge in [0.1, 0.15) is 12.4 Å². The van der Waals surface area contributed by atoms with Crippen molar-refractivity contribution in [2.45, 2.75) is 45.3 Å². The highest BCUT2D eigenvalue weighted by Gasteiger charge is 2.30. The summed E-state index contributed by atoms with van der Waals surface area (Å²) in [6.45, 7) is 2.25. The Balaban J connectivity index is 2.06. The number of carbonyl (C=O) groups is 2. The van der Waals surface area contributed by atoms with Gasteiger partial charge in [0.15, 0.2) is 6.10 Å². The zero-order valence-electron chi connectivity index (χ0n) is 20.3. The van der Waals surface area contributed by atoms with Crippen molar-refractivity contribution >= 4 is 40.8 Å². The molecule has 190 valence electrons. The summed E-state index contributed by atoms with van der Waals surface area (Å²) in [4.78, 5) is 32.5. The first-order chi connectivity index (χ1) is 17.3. The Morgan fingerprint density at radius 3 is 2.58 bits per heavy atom. The molecule has 1 amide bonds. The number of aromatic nitrogens is 1. The molecule has 2 aromatic rings. The maximum Gasteiger partial charge on any atom is 0.334 e. The number of hydrogen-bond donors (Lipinski definition) is 0. The second kappa shape index (κ2) is 13.3. The molecule has 0 spiro atoms. The quantitative estimate of drug-likeness (QED) is 0.233. The monoisotopic (exact) mass is 530 g/mol. The number of ether oxygens (including phenoxy) is 3. The predicted octanol–water partition coefficient (Wildman–Crippen LogP) is 5.38. The van der Waals surface area contributed by atoms with E-state index in [1.807, 2.05) is 6.07 Å². The lowest BCUT2D eigenvalue weighted by Crippen LogP contribution is -2.34. The Morgan fingerprint density at radius 2 is 1.92 bits per heavy atom. The molecule has 1 unspecified atom stereocenters. The average molecular weight is 531 g/mol. The van der Waals surface area contributed by atoms with Crippen LogP contribution in [0.3, 0.4) is 0 Å². The van der Waals surface area contributed by atoms with Crippen molar-refractivity contribution in [2.24, 2.45) is 0 Å². The maximum atomic E-state index is 14.0. The van der Waals surface area contributed by atoms with Gasteiger partial charge in [-0.05, 0) is 50.3 Å². The Morgan fingerprint density at radius 1 is 1.17 bits per heavy atom. The first-order valence-electron chi connectivity index (χ1n) is 11.6. The van der Waals surface area contributed by atoms with Crippen molar-refractivity contribution in [2.75, 3.05) is 25.2 Å². The standard InChI is InChI=1S/C27H28Cl2N2O5/c1-4-18(2)36-25-15-24(22(28)14-23(25)29)31(17-19-8-7-11-30-16-19)26(32)20-9-5-6-10-21(20)27(33)35-13-12-34-3/h1,7-8,11,14-16,18H,5-6,9-10,12-13,17H2,2-3H3. The fourth-order valence-corrected chi connectivity index (χ4v) is 4.34. The SMILES string of the molecule is C#CC(C)Oc1cc(N(Cc2cccnc2)C(=O)C2=C(C(=O)OCCOC)CCCC2)c(Cl)cc1Cl. The minimum Gasteiger partial charge on any atom is -0.476 e. The van der Waals surface area contributed by atoms with E-state index < -0.39 is 12.1 Å². The number of methoxy groups -OCH3 is 1. The molecule has 0 N–H and O–H groups in total. The molecule has 36 heavy (non-hydrogen) atoms. The van der Waals surface area contributed by atoms with Gasteiger partial charge >= 0.3 is 5.97 Å². The van der Waals surface area contributed by atoms with Gasteiger partial charge in [-0.3, -0.25) is 9.78 Å². The first-order valence-corrected chi connectivity index (χ1v) is 12.3. The van der Waals surface area contributed by atoms with Gasteiger partial charge in [0.25, 0.3) is 5.91 Å². The lowest BCUT2D eigenvalue weighted by atomic mass is 9.90. The molecular weight excluding hydrogens is 503 g/mol. The molecule has 1 aliphatic rings. The van der Waals surface area contributed by atoms with Gasteiger partial charge in [-0.25, -0.2) is 4.79 Å². The van der Waals surface area contributed by atoms with E-state index in [-0.39, 0.29) is 35.7 Å². The smallest absolute Gasteiger partial charge is 0.334 e. The molecule has 0 bridgehead atoms. The lowest BCUT2D eigenvalue weighted by molar-refractivity contribution is -0.140. The Bertz CT molecular complexity index is 1160. The van der Waals surface area contributed by atoms with Crippen LogP contribution in [-0.2, 0) is 25.6 Å². The molecule has 0 aliphatic heterocycles. The number of pyridine rings is 1. The van der Waals surface area contributed by atoms with Crippen molar-refractivity contribution in [3.63, 3.8) is 0 Å². The van der Waals surface area contributed by atoms with E-state index in [2.05, 4.69) is 10.9 Å². The molecule has 1 aromatic heterocycles. The molecule has 0 radical (unpaired) electrons. The number of terminal acetylenes is 1. The molecule has 1 atom stereocenters. The number of anilines is 1. The second-order valence-corrected chi connectivity index (χ2v) is 9.02. The Labute approximate surface area is 221 Å². The van der Waals surface area contributed by atoms with Gasteiger partial charge in [0, 0.05) is 36.7 Å². The summed E-state index contributed by atoms with van der Waals surface area (Å²) in [7, 11) is 1.52. The molecule has 1 aliphatic carbocycles. The van der Waals surface area contributed by atoms with Gasteiger partial charge in [0.05, 0.1) is 28.9 Å². The van der Waals surface area contributed by atoms with Crippen LogP contribution in [0, 0.1) is 12.3 Å². The molecule has 0 saturated carbocycles. The summed E-state index contributed by atoms with van der Waals surface area (Å²) in [6, 6.07) is 6.73. The molecule has 0 saturated heterocycles. The number of esters is 1. The highest BCUT2D eigenvalue weighted by molar-refractivity contribution is 6.37. The topological polar surface area (TPSA) is 78.0 Å². The third-order valence-electron chi connectivity index (χ3n) is 5.63. The van der Waals surface area contributed by atoms with Gasteiger partial charge in [-0.2, -0.15) is 0 Å². The van der Waals surface area contributed by atoms with Crippen molar-refractivity contribution in [3.05, 3.63) is 63.4 Å². The van der Waals surface area contributed by atoms with Crippen LogP contribution in [0.25, 0.3) is 0 Å². The number of nitrogens with zero attached hydrogens (tertiary/aromatic N) is 2. The number of halogens is 2. The minimum atomic E-state index is -0.548. The van der Waals surface area contributed by atoms with Crippen LogP contribution in [0.15, 0.2) is 47.8 Å². The summed E-state index contributed by atoms with van der Waals surface area (Å²) in [6.07, 6.45) is 10.7. The van der Waals surface area contributed by atoms with E-state index >= 15 is 0 Å². The van der Waals surface area contributed by atoms with Gasteiger partial charge in [0.2, 0.25) is 0 Å². The normalized spacial score (nSPS) is 14.1. The molecule has 7 nitrogen and oxygen atoms in total. The van der Waals surface area contributed by atoms with E-state index in [0.717, 1.165) is 18.4 Å². The number of amides is 1. The summed E-state index contributed by atoms with van der Waals surface area (Å²) in [5.41, 5.74) is 1.93. The fourth-order valence-electron chi connectivity index (χ4n) is 3.81. The van der Waals surface area contributed by atoms with Crippen molar-refractivity contribution in [1.82, 2.24) is 4.98 Å². The summed E-state index contributed by atoms with van der Waals surface area (Å²) < 4.78 is 16.1. The number of rotatable bonds is 10. The zero-order valence-corrected chi connectivity index (χ0v) is 21.8. The summed E-state index contributed by atoms with van der Waals surface area (Å²) in [5, 5.41) is 0.512. The van der Waals surface area contributed by atoms with E-state index in [1.165, 1.54) is 18.1 Å². The number of carbonyl (C=O) groups excluding carboxylic acids is 2. The Hall–Kier alpha value is -3.05. The van der Waals surface area contributed by atoms with Gasteiger partial charge in [-0.1, -0.05) is 35.2 Å². The molecule has 1 heterocycles. The molecular formula is C27H28Cl2N2O5. The molecule has 0 fully saturated rings. The molecule has 3 rings (SSSR count). The van der Waals surface area contributed by atoms with Crippen LogP contribution in [0.5, 0.6) is 5.75 Å².